The highest BCUT2D eigenvalue weighted by atomic mass is 16.6. The van der Waals surface area contributed by atoms with Crippen molar-refractivity contribution in [2.24, 2.45) is 22.7 Å². The number of rotatable bonds is 4. The van der Waals surface area contributed by atoms with Crippen molar-refractivity contribution in [3.63, 3.8) is 0 Å². The van der Waals surface area contributed by atoms with E-state index < -0.39 is 11.2 Å². The summed E-state index contributed by atoms with van der Waals surface area (Å²) in [5.74, 6) is 1.83. The van der Waals surface area contributed by atoms with Crippen LogP contribution in [-0.2, 0) is 15.7 Å². The zero-order valence-electron chi connectivity index (χ0n) is 20.6. The first-order valence-corrected chi connectivity index (χ1v) is 13.1. The third-order valence-electron chi connectivity index (χ3n) is 12.2. The van der Waals surface area contributed by atoms with E-state index in [-0.39, 0.29) is 39.6 Å². The van der Waals surface area contributed by atoms with Crippen LogP contribution >= 0.6 is 0 Å². The minimum absolute atomic E-state index is 0.0148. The monoisotopic (exact) mass is 451 g/mol. The van der Waals surface area contributed by atoms with Crippen LogP contribution < -0.4 is 4.74 Å². The Morgan fingerprint density at radius 2 is 1.94 bits per heavy atom. The third-order valence-corrected chi connectivity index (χ3v) is 12.2. The maximum Gasteiger partial charge on any atom is 0.165 e. The van der Waals surface area contributed by atoms with Gasteiger partial charge in [0, 0.05) is 42.0 Å². The minimum Gasteiger partial charge on any atom is -0.504 e. The van der Waals surface area contributed by atoms with Gasteiger partial charge in [-0.15, -0.1) is 0 Å². The number of phenolic OH excluding ortho intramolecular Hbond substituents is 1. The summed E-state index contributed by atoms with van der Waals surface area (Å²) in [4.78, 5) is 2.84. The van der Waals surface area contributed by atoms with Gasteiger partial charge in [-0.3, -0.25) is 4.90 Å². The molecule has 1 aromatic carbocycles. The number of phenols is 1. The van der Waals surface area contributed by atoms with E-state index in [4.69, 9.17) is 9.47 Å². The number of nitrogens with zero attached hydrogens (tertiary/aromatic N) is 1. The van der Waals surface area contributed by atoms with Gasteiger partial charge in [0.25, 0.3) is 0 Å². The first-order chi connectivity index (χ1) is 15.5. The Morgan fingerprint density at radius 1 is 1.18 bits per heavy atom. The minimum atomic E-state index is -0.897. The van der Waals surface area contributed by atoms with E-state index in [2.05, 4.69) is 31.7 Å². The largest absolute Gasteiger partial charge is 0.504 e. The van der Waals surface area contributed by atoms with Gasteiger partial charge in [-0.05, 0) is 68.4 Å². The van der Waals surface area contributed by atoms with E-state index in [9.17, 15) is 10.2 Å². The lowest BCUT2D eigenvalue weighted by atomic mass is 9.38. The molecule has 5 nitrogen and oxygen atoms in total. The van der Waals surface area contributed by atoms with Gasteiger partial charge < -0.3 is 19.7 Å². The van der Waals surface area contributed by atoms with Gasteiger partial charge in [-0.2, -0.15) is 0 Å². The molecule has 6 aliphatic carbocycles. The average Bonchev–Trinajstić information content (AvgIpc) is 3.59. The van der Waals surface area contributed by atoms with Gasteiger partial charge in [0.05, 0.1) is 11.1 Å². The van der Waals surface area contributed by atoms with E-state index in [1.807, 2.05) is 20.1 Å². The van der Waals surface area contributed by atoms with Crippen LogP contribution in [0.4, 0.5) is 0 Å². The summed E-state index contributed by atoms with van der Waals surface area (Å²) >= 11 is 0. The fourth-order valence-electron chi connectivity index (χ4n) is 10.2. The van der Waals surface area contributed by atoms with Gasteiger partial charge in [0.15, 0.2) is 11.5 Å². The molecule has 6 fully saturated rings. The van der Waals surface area contributed by atoms with Crippen molar-refractivity contribution >= 4 is 0 Å². The molecule has 0 aromatic heterocycles. The van der Waals surface area contributed by atoms with Crippen molar-refractivity contribution in [1.29, 1.82) is 0 Å². The van der Waals surface area contributed by atoms with E-state index in [1.165, 1.54) is 30.5 Å². The van der Waals surface area contributed by atoms with E-state index in [1.54, 1.807) is 0 Å². The molecule has 0 amide bonds. The lowest BCUT2D eigenvalue weighted by molar-refractivity contribution is -0.290. The average molecular weight is 452 g/mol. The molecule has 2 aliphatic heterocycles. The topological polar surface area (TPSA) is 61.9 Å². The number of methoxy groups -OCH3 is 1. The van der Waals surface area contributed by atoms with E-state index >= 15 is 0 Å². The number of piperidine rings is 1. The summed E-state index contributed by atoms with van der Waals surface area (Å²) < 4.78 is 13.4. The van der Waals surface area contributed by atoms with Crippen molar-refractivity contribution in [3.05, 3.63) is 23.3 Å². The molecule has 3 spiro atoms. The summed E-state index contributed by atoms with van der Waals surface area (Å²) in [7, 11) is 1.83. The molecule has 5 heteroatoms. The van der Waals surface area contributed by atoms with Crippen LogP contribution in [0.25, 0.3) is 0 Å². The van der Waals surface area contributed by atoms with Gasteiger partial charge in [0.1, 0.15) is 11.7 Å². The molecule has 8 aliphatic rings. The molecule has 9 rings (SSSR count). The predicted octanol–water partition coefficient (Wildman–Crippen LogP) is 4.08. The SMILES string of the molecule is COC12CCC3(CC1C(C)(O)C(C)(C)C)C1N(CC4CC4)C14CC31c3c4ccc(O)c3OC21. The Labute approximate surface area is 196 Å². The normalized spacial score (nSPS) is 51.2. The Hall–Kier alpha value is -1.30. The number of likely N-dealkylation sites (tertiary alicyclic amines) is 1. The molecule has 9 unspecified atom stereocenters. The van der Waals surface area contributed by atoms with Gasteiger partial charge in [-0.25, -0.2) is 0 Å². The Bertz CT molecular complexity index is 1120. The molecule has 2 heterocycles. The van der Waals surface area contributed by atoms with Crippen LogP contribution in [0.1, 0.15) is 77.3 Å². The molecule has 0 radical (unpaired) electrons. The van der Waals surface area contributed by atoms with Gasteiger partial charge in [-0.1, -0.05) is 26.8 Å². The fraction of sp³-hybridized carbons (Fsp3) is 0.786. The predicted molar refractivity (Wildman–Crippen MR) is 123 cm³/mol. The summed E-state index contributed by atoms with van der Waals surface area (Å²) in [5, 5.41) is 23.1. The molecule has 9 atom stereocenters. The van der Waals surface area contributed by atoms with Crippen LogP contribution in [0.15, 0.2) is 12.1 Å². The smallest absolute Gasteiger partial charge is 0.165 e. The maximum absolute atomic E-state index is 12.1. The molecule has 4 bridgehead atoms. The second kappa shape index (κ2) is 5.12. The van der Waals surface area contributed by atoms with Gasteiger partial charge in [0.2, 0.25) is 0 Å². The third kappa shape index (κ3) is 1.71. The van der Waals surface area contributed by atoms with E-state index in [0.717, 1.165) is 37.4 Å². The highest BCUT2D eigenvalue weighted by Gasteiger charge is 2.95. The number of fused-ring (bicyclic) bond motifs is 2. The molecule has 5 saturated carbocycles. The molecule has 2 N–H and O–H groups in total. The van der Waals surface area contributed by atoms with Crippen LogP contribution in [0, 0.1) is 22.7 Å². The van der Waals surface area contributed by atoms with Crippen molar-refractivity contribution in [2.75, 3.05) is 13.7 Å². The second-order valence-electron chi connectivity index (χ2n) is 13.9. The van der Waals surface area contributed by atoms with Crippen molar-refractivity contribution in [1.82, 2.24) is 4.90 Å². The van der Waals surface area contributed by atoms with E-state index in [0.29, 0.717) is 6.04 Å². The lowest BCUT2D eigenvalue weighted by Gasteiger charge is -2.69. The maximum atomic E-state index is 12.1. The van der Waals surface area contributed by atoms with Crippen LogP contribution in [-0.4, -0.2) is 52.1 Å². The van der Waals surface area contributed by atoms with Crippen LogP contribution in [0.3, 0.4) is 0 Å². The molecular formula is C28H37NO4. The first-order valence-electron chi connectivity index (χ1n) is 13.1. The van der Waals surface area contributed by atoms with Gasteiger partial charge >= 0.3 is 0 Å². The van der Waals surface area contributed by atoms with Crippen LogP contribution in [0.2, 0.25) is 0 Å². The fourth-order valence-corrected chi connectivity index (χ4v) is 10.2. The summed E-state index contributed by atoms with van der Waals surface area (Å²) in [6, 6.07) is 4.60. The highest BCUT2D eigenvalue weighted by molar-refractivity contribution is 5.72. The number of aromatic hydroxyl groups is 1. The molecule has 178 valence electrons. The lowest BCUT2D eigenvalue weighted by Crippen LogP contribution is -2.77. The Kier molecular flexibility index (Phi) is 3.10. The Morgan fingerprint density at radius 3 is 2.61 bits per heavy atom. The number of benzene rings is 1. The number of hydrogen-bond donors (Lipinski definition) is 2. The Balaban J connectivity index is 1.38. The number of ether oxygens (including phenoxy) is 2. The standard InChI is InChI=1S/C28H37NO4/c1-23(2,3)24(4,31)18-12-25-10-11-28(18,32-5)22-26(25)14-27(21(25)29(27)13-15-6-7-15)16-8-9-17(30)20(33-22)19(16)26/h8-9,15,18,21-22,30-31H,6-7,10-14H2,1-5H3. The molecular weight excluding hydrogens is 414 g/mol. The van der Waals surface area contributed by atoms with Crippen molar-refractivity contribution < 1.29 is 19.7 Å². The quantitative estimate of drug-likeness (QED) is 0.676. The molecule has 33 heavy (non-hydrogen) atoms. The number of hydrogen-bond acceptors (Lipinski definition) is 5. The molecule has 1 saturated heterocycles. The zero-order valence-corrected chi connectivity index (χ0v) is 20.6. The highest BCUT2D eigenvalue weighted by Crippen LogP contribution is 2.90. The van der Waals surface area contributed by atoms with Crippen molar-refractivity contribution in [3.8, 4) is 11.5 Å². The number of aliphatic hydroxyl groups is 1. The first kappa shape index (κ1) is 19.9. The van der Waals surface area contributed by atoms with Crippen molar-refractivity contribution in [2.45, 2.75) is 101 Å². The summed E-state index contributed by atoms with van der Waals surface area (Å²) in [6.45, 7) is 9.70. The molecule has 1 aromatic rings. The summed E-state index contributed by atoms with van der Waals surface area (Å²) in [5.41, 5.74) is 1.09. The van der Waals surface area contributed by atoms with Crippen LogP contribution in [0.5, 0.6) is 11.5 Å². The summed E-state index contributed by atoms with van der Waals surface area (Å²) in [6.07, 6.45) is 6.71. The second-order valence-corrected chi connectivity index (χ2v) is 13.9. The zero-order chi connectivity index (χ0) is 23.0.